The monoisotopic (exact) mass is 653 g/mol. The standard InChI is InChI=1S/C32H29Cl2N3O6S/c33-23-17-24(34)19-25(18-23)44(42,43)37(20-31(39)40)29-6-2-3-26-27(29)4-1-5-28(26)30(38)12-9-21-7-10-22(11-8-21)32(41)36-15-13-35-14-16-36/h1-8,10-11,17-19,35H,9,12-16,20H2,(H,39,40). The number of nitrogens with one attached hydrogen (secondary N) is 1. The number of aliphatic carboxylic acids is 1. The van der Waals surface area contributed by atoms with Crippen LogP contribution in [0, 0.1) is 0 Å². The van der Waals surface area contributed by atoms with Crippen LogP contribution in [-0.4, -0.2) is 68.8 Å². The molecule has 4 aromatic carbocycles. The lowest BCUT2D eigenvalue weighted by molar-refractivity contribution is -0.135. The second-order valence-corrected chi connectivity index (χ2v) is 13.1. The van der Waals surface area contributed by atoms with Gasteiger partial charge < -0.3 is 15.3 Å². The fourth-order valence-corrected chi connectivity index (χ4v) is 7.40. The summed E-state index contributed by atoms with van der Waals surface area (Å²) in [7, 11) is -4.41. The summed E-state index contributed by atoms with van der Waals surface area (Å²) < 4.78 is 28.2. The number of hydrogen-bond donors (Lipinski definition) is 2. The van der Waals surface area contributed by atoms with Gasteiger partial charge in [-0.1, -0.05) is 65.7 Å². The maximum absolute atomic E-state index is 13.7. The van der Waals surface area contributed by atoms with Gasteiger partial charge in [0, 0.05) is 59.2 Å². The van der Waals surface area contributed by atoms with Gasteiger partial charge in [-0.15, -0.1) is 0 Å². The van der Waals surface area contributed by atoms with E-state index in [2.05, 4.69) is 5.32 Å². The lowest BCUT2D eigenvalue weighted by atomic mass is 9.96. The molecule has 0 atom stereocenters. The summed E-state index contributed by atoms with van der Waals surface area (Å²) in [6.45, 7) is 2.00. The van der Waals surface area contributed by atoms with Crippen LogP contribution in [0.5, 0.6) is 0 Å². The van der Waals surface area contributed by atoms with Crippen LogP contribution in [0.1, 0.15) is 32.7 Å². The number of benzene rings is 4. The van der Waals surface area contributed by atoms with Crippen LogP contribution in [0.2, 0.25) is 10.0 Å². The number of sulfonamides is 1. The summed E-state index contributed by atoms with van der Waals surface area (Å²) in [5.41, 5.74) is 1.98. The highest BCUT2D eigenvalue weighted by atomic mass is 35.5. The smallest absolute Gasteiger partial charge is 0.324 e. The summed E-state index contributed by atoms with van der Waals surface area (Å²) in [4.78, 5) is 39.6. The van der Waals surface area contributed by atoms with Crippen molar-refractivity contribution in [2.24, 2.45) is 0 Å². The van der Waals surface area contributed by atoms with Crippen molar-refractivity contribution < 1.29 is 27.9 Å². The Balaban J connectivity index is 1.40. The molecule has 44 heavy (non-hydrogen) atoms. The van der Waals surface area contributed by atoms with E-state index in [0.717, 1.165) is 23.0 Å². The number of carbonyl (C=O) groups excluding carboxylic acids is 2. The number of Topliss-reactive ketones (excluding diaryl/α,β-unsaturated/α-hetero) is 1. The second-order valence-electron chi connectivity index (χ2n) is 10.4. The van der Waals surface area contributed by atoms with Crippen LogP contribution in [0.25, 0.3) is 10.8 Å². The van der Waals surface area contributed by atoms with Crippen LogP contribution >= 0.6 is 23.2 Å². The topological polar surface area (TPSA) is 124 Å². The van der Waals surface area contributed by atoms with E-state index in [9.17, 15) is 27.9 Å². The average molecular weight is 655 g/mol. The lowest BCUT2D eigenvalue weighted by Crippen LogP contribution is -2.46. The first-order valence-electron chi connectivity index (χ1n) is 13.9. The van der Waals surface area contributed by atoms with E-state index in [4.69, 9.17) is 23.2 Å². The van der Waals surface area contributed by atoms with Crippen LogP contribution in [-0.2, 0) is 21.2 Å². The number of halogens is 2. The molecule has 9 nitrogen and oxygen atoms in total. The van der Waals surface area contributed by atoms with Crippen LogP contribution in [0.15, 0.2) is 83.8 Å². The fraction of sp³-hybridized carbons (Fsp3) is 0.219. The number of anilines is 1. The molecule has 5 rings (SSSR count). The van der Waals surface area contributed by atoms with Crippen LogP contribution in [0.4, 0.5) is 5.69 Å². The van der Waals surface area contributed by atoms with Crippen LogP contribution in [0.3, 0.4) is 0 Å². The van der Waals surface area contributed by atoms with E-state index in [-0.39, 0.29) is 38.7 Å². The van der Waals surface area contributed by atoms with Crippen molar-refractivity contribution in [1.82, 2.24) is 10.2 Å². The van der Waals surface area contributed by atoms with E-state index in [1.165, 1.54) is 24.3 Å². The minimum absolute atomic E-state index is 0.0156. The molecule has 1 heterocycles. The molecule has 0 unspecified atom stereocenters. The summed E-state index contributed by atoms with van der Waals surface area (Å²) in [5, 5.41) is 13.9. The number of nitrogens with zero attached hydrogens (tertiary/aromatic N) is 2. The Bertz CT molecular complexity index is 1820. The number of amides is 1. The van der Waals surface area contributed by atoms with Gasteiger partial charge in [-0.3, -0.25) is 18.7 Å². The van der Waals surface area contributed by atoms with Crippen molar-refractivity contribution in [3.63, 3.8) is 0 Å². The number of carboxylic acids is 1. The van der Waals surface area contributed by atoms with Gasteiger partial charge in [0.2, 0.25) is 0 Å². The number of rotatable bonds is 10. The second kappa shape index (κ2) is 13.4. The Morgan fingerprint density at radius 2 is 1.50 bits per heavy atom. The molecule has 1 amide bonds. The van der Waals surface area contributed by atoms with Crippen molar-refractivity contribution >= 4 is 67.3 Å². The molecule has 12 heteroatoms. The van der Waals surface area contributed by atoms with Crippen molar-refractivity contribution in [1.29, 1.82) is 0 Å². The molecule has 0 saturated carbocycles. The first kappa shape index (κ1) is 31.5. The van der Waals surface area contributed by atoms with Gasteiger partial charge in [0.25, 0.3) is 15.9 Å². The van der Waals surface area contributed by atoms with Gasteiger partial charge in [-0.25, -0.2) is 8.42 Å². The molecule has 4 aromatic rings. The highest BCUT2D eigenvalue weighted by Crippen LogP contribution is 2.34. The molecule has 0 spiro atoms. The zero-order valence-electron chi connectivity index (χ0n) is 23.5. The van der Waals surface area contributed by atoms with Crippen molar-refractivity contribution in [2.45, 2.75) is 17.7 Å². The van der Waals surface area contributed by atoms with Gasteiger partial charge in [0.15, 0.2) is 5.78 Å². The van der Waals surface area contributed by atoms with Crippen molar-refractivity contribution in [3.8, 4) is 0 Å². The van der Waals surface area contributed by atoms with E-state index in [1.807, 2.05) is 17.0 Å². The molecule has 0 aromatic heterocycles. The first-order valence-corrected chi connectivity index (χ1v) is 16.1. The fourth-order valence-electron chi connectivity index (χ4n) is 5.24. The zero-order chi connectivity index (χ0) is 31.4. The first-order chi connectivity index (χ1) is 21.0. The molecular weight excluding hydrogens is 625 g/mol. The molecule has 2 N–H and O–H groups in total. The lowest BCUT2D eigenvalue weighted by Gasteiger charge is -2.27. The molecule has 1 aliphatic heterocycles. The van der Waals surface area contributed by atoms with Gasteiger partial charge in [-0.05, 0) is 53.8 Å². The number of piperazine rings is 1. The molecule has 1 saturated heterocycles. The number of hydrogen-bond acceptors (Lipinski definition) is 6. The maximum Gasteiger partial charge on any atom is 0.324 e. The normalized spacial score (nSPS) is 13.5. The molecular formula is C32H29Cl2N3O6S. The SMILES string of the molecule is O=C(O)CN(c1cccc2c(C(=O)CCc3ccc(C(=O)N4CCNCC4)cc3)cccc12)S(=O)(=O)c1cc(Cl)cc(Cl)c1. The third-order valence-corrected chi connectivity index (χ3v) is 9.59. The van der Waals surface area contributed by atoms with Gasteiger partial charge in [0.1, 0.15) is 6.54 Å². The molecule has 0 radical (unpaired) electrons. The molecule has 0 bridgehead atoms. The highest BCUT2D eigenvalue weighted by molar-refractivity contribution is 7.93. The summed E-state index contributed by atoms with van der Waals surface area (Å²) in [5.74, 6) is -1.55. The molecule has 1 aliphatic rings. The molecule has 228 valence electrons. The van der Waals surface area contributed by atoms with Gasteiger partial charge >= 0.3 is 5.97 Å². The molecule has 1 fully saturated rings. The summed E-state index contributed by atoms with van der Waals surface area (Å²) in [6, 6.07) is 20.7. The van der Waals surface area contributed by atoms with E-state index in [1.54, 1.807) is 42.5 Å². The number of carbonyl (C=O) groups is 3. The van der Waals surface area contributed by atoms with Crippen molar-refractivity contribution in [2.75, 3.05) is 37.0 Å². The Labute approximate surface area is 265 Å². The van der Waals surface area contributed by atoms with E-state index in [0.29, 0.717) is 41.4 Å². The largest absolute Gasteiger partial charge is 0.480 e. The highest BCUT2D eigenvalue weighted by Gasteiger charge is 2.29. The predicted molar refractivity (Wildman–Crippen MR) is 170 cm³/mol. The van der Waals surface area contributed by atoms with E-state index < -0.39 is 22.5 Å². The number of aryl methyl sites for hydroxylation is 1. The Morgan fingerprint density at radius 3 is 2.16 bits per heavy atom. The predicted octanol–water partition coefficient (Wildman–Crippen LogP) is 5.29. The van der Waals surface area contributed by atoms with Crippen LogP contribution < -0.4 is 9.62 Å². The van der Waals surface area contributed by atoms with Gasteiger partial charge in [-0.2, -0.15) is 0 Å². The Kier molecular flexibility index (Phi) is 9.55. The minimum Gasteiger partial charge on any atom is -0.480 e. The Hall–Kier alpha value is -3.96. The third kappa shape index (κ3) is 6.89. The number of carboxylic acid groups (broad SMARTS) is 1. The summed E-state index contributed by atoms with van der Waals surface area (Å²) in [6.07, 6.45) is 0.610. The number of fused-ring (bicyclic) bond motifs is 1. The maximum atomic E-state index is 13.7. The van der Waals surface area contributed by atoms with Gasteiger partial charge in [0.05, 0.1) is 10.6 Å². The van der Waals surface area contributed by atoms with E-state index >= 15 is 0 Å². The third-order valence-electron chi connectivity index (χ3n) is 7.42. The minimum atomic E-state index is -4.41. The quantitative estimate of drug-likeness (QED) is 0.223. The Morgan fingerprint density at radius 1 is 0.864 bits per heavy atom. The van der Waals surface area contributed by atoms with Crippen molar-refractivity contribution in [3.05, 3.63) is 106 Å². The zero-order valence-corrected chi connectivity index (χ0v) is 25.8. The number of ketones is 1. The molecule has 0 aliphatic carbocycles. The average Bonchev–Trinajstić information content (AvgIpc) is 3.01. The summed E-state index contributed by atoms with van der Waals surface area (Å²) >= 11 is 12.1.